The van der Waals surface area contributed by atoms with E-state index in [-0.39, 0.29) is 5.82 Å². The summed E-state index contributed by atoms with van der Waals surface area (Å²) in [4.78, 5) is 0. The minimum Gasteiger partial charge on any atom is -0.316 e. The first-order valence-corrected chi connectivity index (χ1v) is 8.23. The molecule has 112 valence electrons. The van der Waals surface area contributed by atoms with Crippen molar-refractivity contribution in [3.8, 4) is 0 Å². The summed E-state index contributed by atoms with van der Waals surface area (Å²) in [6.07, 6.45) is 7.49. The van der Waals surface area contributed by atoms with Crippen LogP contribution in [-0.4, -0.2) is 13.1 Å². The van der Waals surface area contributed by atoms with Gasteiger partial charge in [0.1, 0.15) is 5.82 Å². The molecule has 3 heteroatoms. The van der Waals surface area contributed by atoms with Crippen LogP contribution in [0.4, 0.5) is 4.39 Å². The van der Waals surface area contributed by atoms with Crippen molar-refractivity contribution in [2.45, 2.75) is 45.4 Å². The molecule has 20 heavy (non-hydrogen) atoms. The Hall–Kier alpha value is -0.600. The van der Waals surface area contributed by atoms with Crippen molar-refractivity contribution in [2.75, 3.05) is 13.1 Å². The molecule has 1 aromatic carbocycles. The normalized spacial score (nSPS) is 17.6. The van der Waals surface area contributed by atoms with Crippen molar-refractivity contribution >= 4 is 11.6 Å². The molecule has 0 saturated heterocycles. The van der Waals surface area contributed by atoms with Crippen LogP contribution in [0.1, 0.15) is 44.6 Å². The standard InChI is InChI=1S/C17H25ClFN/c1-2-9-20-12-15(13-5-3-4-6-13)10-14-7-8-16(19)11-17(14)18/h7-8,11,13,15,20H,2-6,9-10,12H2,1H3. The van der Waals surface area contributed by atoms with Crippen molar-refractivity contribution in [3.05, 3.63) is 34.6 Å². The second-order valence-corrected chi connectivity index (χ2v) is 6.36. The lowest BCUT2D eigenvalue weighted by molar-refractivity contribution is 0.321. The molecule has 1 fully saturated rings. The first kappa shape index (κ1) is 15.8. The monoisotopic (exact) mass is 297 g/mol. The molecule has 0 amide bonds. The van der Waals surface area contributed by atoms with E-state index in [0.29, 0.717) is 10.9 Å². The fourth-order valence-corrected chi connectivity index (χ4v) is 3.51. The molecule has 2 rings (SSSR count). The second-order valence-electron chi connectivity index (χ2n) is 5.95. The average Bonchev–Trinajstić information content (AvgIpc) is 2.94. The molecular weight excluding hydrogens is 273 g/mol. The van der Waals surface area contributed by atoms with Gasteiger partial charge in [0, 0.05) is 5.02 Å². The third kappa shape index (κ3) is 4.46. The van der Waals surface area contributed by atoms with Crippen molar-refractivity contribution in [3.63, 3.8) is 0 Å². The Morgan fingerprint density at radius 2 is 2.10 bits per heavy atom. The van der Waals surface area contributed by atoms with Gasteiger partial charge in [-0.25, -0.2) is 4.39 Å². The Balaban J connectivity index is 2.01. The third-order valence-corrected chi connectivity index (χ3v) is 4.75. The van der Waals surface area contributed by atoms with Crippen LogP contribution in [0.2, 0.25) is 5.02 Å². The zero-order valence-corrected chi connectivity index (χ0v) is 13.1. The molecule has 0 aromatic heterocycles. The molecular formula is C17H25ClFN. The van der Waals surface area contributed by atoms with Crippen molar-refractivity contribution in [2.24, 2.45) is 11.8 Å². The SMILES string of the molecule is CCCNCC(Cc1ccc(F)cc1Cl)C1CCCC1. The van der Waals surface area contributed by atoms with Crippen LogP contribution < -0.4 is 5.32 Å². The number of benzene rings is 1. The maximum atomic E-state index is 13.1. The minimum absolute atomic E-state index is 0.250. The highest BCUT2D eigenvalue weighted by molar-refractivity contribution is 6.31. The lowest BCUT2D eigenvalue weighted by Gasteiger charge is -2.24. The molecule has 1 saturated carbocycles. The van der Waals surface area contributed by atoms with Gasteiger partial charge in [-0.1, -0.05) is 50.3 Å². The van der Waals surface area contributed by atoms with E-state index in [1.807, 2.05) is 6.07 Å². The molecule has 1 nitrogen and oxygen atoms in total. The van der Waals surface area contributed by atoms with Crippen molar-refractivity contribution in [1.29, 1.82) is 0 Å². The number of rotatable bonds is 7. The maximum Gasteiger partial charge on any atom is 0.124 e. The molecule has 1 aliphatic rings. The van der Waals surface area contributed by atoms with E-state index in [1.165, 1.54) is 37.8 Å². The zero-order valence-electron chi connectivity index (χ0n) is 12.3. The van der Waals surface area contributed by atoms with Crippen LogP contribution in [0.5, 0.6) is 0 Å². The number of hydrogen-bond donors (Lipinski definition) is 1. The highest BCUT2D eigenvalue weighted by Gasteiger charge is 2.25. The Bertz CT molecular complexity index is 415. The number of nitrogens with one attached hydrogen (secondary N) is 1. The molecule has 1 aliphatic carbocycles. The van der Waals surface area contributed by atoms with E-state index in [9.17, 15) is 4.39 Å². The van der Waals surface area contributed by atoms with Crippen LogP contribution in [0.25, 0.3) is 0 Å². The largest absolute Gasteiger partial charge is 0.316 e. The Kier molecular flexibility index (Phi) is 6.31. The Labute approximate surface area is 126 Å². The molecule has 1 atom stereocenters. The molecule has 0 radical (unpaired) electrons. The summed E-state index contributed by atoms with van der Waals surface area (Å²) in [6, 6.07) is 4.80. The first-order chi connectivity index (χ1) is 9.70. The molecule has 0 aliphatic heterocycles. The quantitative estimate of drug-likeness (QED) is 0.711. The summed E-state index contributed by atoms with van der Waals surface area (Å²) < 4.78 is 13.1. The molecule has 1 unspecified atom stereocenters. The third-order valence-electron chi connectivity index (χ3n) is 4.40. The second kappa shape index (κ2) is 7.99. The number of halogens is 2. The highest BCUT2D eigenvalue weighted by atomic mass is 35.5. The van der Waals surface area contributed by atoms with E-state index in [4.69, 9.17) is 11.6 Å². The predicted octanol–water partition coefficient (Wildman–Crippen LogP) is 4.83. The zero-order chi connectivity index (χ0) is 14.4. The lowest BCUT2D eigenvalue weighted by atomic mass is 9.85. The van der Waals surface area contributed by atoms with Gasteiger partial charge >= 0.3 is 0 Å². The van der Waals surface area contributed by atoms with Gasteiger partial charge in [0.15, 0.2) is 0 Å². The van der Waals surface area contributed by atoms with E-state index in [0.717, 1.165) is 37.4 Å². The van der Waals surface area contributed by atoms with E-state index in [2.05, 4.69) is 12.2 Å². The summed E-state index contributed by atoms with van der Waals surface area (Å²) in [5.74, 6) is 1.16. The lowest BCUT2D eigenvalue weighted by Crippen LogP contribution is -2.29. The van der Waals surface area contributed by atoms with Gasteiger partial charge in [0.25, 0.3) is 0 Å². The van der Waals surface area contributed by atoms with Gasteiger partial charge in [-0.3, -0.25) is 0 Å². The van der Waals surface area contributed by atoms with Crippen LogP contribution in [0.15, 0.2) is 18.2 Å². The molecule has 1 aromatic rings. The highest BCUT2D eigenvalue weighted by Crippen LogP contribution is 2.34. The maximum absolute atomic E-state index is 13.1. The van der Waals surface area contributed by atoms with Crippen molar-refractivity contribution < 1.29 is 4.39 Å². The smallest absolute Gasteiger partial charge is 0.124 e. The summed E-state index contributed by atoms with van der Waals surface area (Å²) in [7, 11) is 0. The van der Waals surface area contributed by atoms with Gasteiger partial charge in [0.05, 0.1) is 0 Å². The first-order valence-electron chi connectivity index (χ1n) is 7.85. The average molecular weight is 298 g/mol. The van der Waals surface area contributed by atoms with E-state index < -0.39 is 0 Å². The fraction of sp³-hybridized carbons (Fsp3) is 0.647. The summed E-state index contributed by atoms with van der Waals surface area (Å²) >= 11 is 6.18. The summed E-state index contributed by atoms with van der Waals surface area (Å²) in [5.41, 5.74) is 1.09. The van der Waals surface area contributed by atoms with Crippen LogP contribution in [0.3, 0.4) is 0 Å². The minimum atomic E-state index is -0.250. The molecule has 0 spiro atoms. The fourth-order valence-electron chi connectivity index (χ4n) is 3.27. The topological polar surface area (TPSA) is 12.0 Å². The summed E-state index contributed by atoms with van der Waals surface area (Å²) in [5, 5.41) is 4.12. The van der Waals surface area contributed by atoms with Crippen LogP contribution in [0, 0.1) is 17.7 Å². The Morgan fingerprint density at radius 1 is 1.35 bits per heavy atom. The van der Waals surface area contributed by atoms with Gasteiger partial charge in [-0.15, -0.1) is 0 Å². The molecule has 1 N–H and O–H groups in total. The van der Waals surface area contributed by atoms with Crippen LogP contribution in [-0.2, 0) is 6.42 Å². The van der Waals surface area contributed by atoms with Gasteiger partial charge < -0.3 is 5.32 Å². The van der Waals surface area contributed by atoms with Gasteiger partial charge in [0.2, 0.25) is 0 Å². The number of hydrogen-bond acceptors (Lipinski definition) is 1. The molecule has 0 heterocycles. The van der Waals surface area contributed by atoms with E-state index >= 15 is 0 Å². The van der Waals surface area contributed by atoms with Gasteiger partial charge in [-0.05, 0) is 55.5 Å². The predicted molar refractivity (Wildman–Crippen MR) is 83.7 cm³/mol. The van der Waals surface area contributed by atoms with Crippen molar-refractivity contribution in [1.82, 2.24) is 5.32 Å². The summed E-state index contributed by atoms with van der Waals surface area (Å²) in [6.45, 7) is 4.31. The van der Waals surface area contributed by atoms with E-state index in [1.54, 1.807) is 0 Å². The molecule has 0 bridgehead atoms. The Morgan fingerprint density at radius 3 is 2.75 bits per heavy atom. The van der Waals surface area contributed by atoms with Gasteiger partial charge in [-0.2, -0.15) is 0 Å². The van der Waals surface area contributed by atoms with Crippen LogP contribution >= 0.6 is 11.6 Å².